The second kappa shape index (κ2) is 8.31. The van der Waals surface area contributed by atoms with Crippen LogP contribution in [0.25, 0.3) is 0 Å². The van der Waals surface area contributed by atoms with Gasteiger partial charge in [0.2, 0.25) is 5.91 Å². The average molecular weight is 372 g/mol. The summed E-state index contributed by atoms with van der Waals surface area (Å²) < 4.78 is 0. The van der Waals surface area contributed by atoms with Crippen LogP contribution in [0.2, 0.25) is 0 Å². The van der Waals surface area contributed by atoms with Gasteiger partial charge in [0.1, 0.15) is 6.04 Å². The summed E-state index contributed by atoms with van der Waals surface area (Å²) in [6.45, 7) is 1.00. The zero-order chi connectivity index (χ0) is 18.5. The zero-order valence-electron chi connectivity index (χ0n) is 15.1. The minimum atomic E-state index is -0.414. The number of carbonyl (C=O) groups is 2. The number of hydrogen-bond acceptors (Lipinski definition) is 5. The summed E-state index contributed by atoms with van der Waals surface area (Å²) in [5, 5.41) is 5.81. The standard InChI is InChI=1S/C19H24N4O2S/c1-22(2)19-21-15(13-26-19)12-20-17(24)16-10-6-7-11-23(16)18(25)14-8-4-3-5-9-14/h3-5,8-9,13,16H,6-7,10-12H2,1-2H3,(H,20,24)/t16-/m0/s1. The summed E-state index contributed by atoms with van der Waals surface area (Å²) in [4.78, 5) is 33.6. The number of likely N-dealkylation sites (tertiary alicyclic amines) is 1. The highest BCUT2D eigenvalue weighted by Gasteiger charge is 2.32. The Morgan fingerprint density at radius 1 is 1.27 bits per heavy atom. The Morgan fingerprint density at radius 3 is 2.73 bits per heavy atom. The highest BCUT2D eigenvalue weighted by molar-refractivity contribution is 7.13. The van der Waals surface area contributed by atoms with Crippen LogP contribution in [0, 0.1) is 0 Å². The predicted octanol–water partition coefficient (Wildman–Crippen LogP) is 2.52. The van der Waals surface area contributed by atoms with Gasteiger partial charge in [-0.3, -0.25) is 9.59 Å². The van der Waals surface area contributed by atoms with Gasteiger partial charge in [0.05, 0.1) is 12.2 Å². The van der Waals surface area contributed by atoms with Crippen LogP contribution in [0.15, 0.2) is 35.7 Å². The topological polar surface area (TPSA) is 65.5 Å². The molecule has 1 N–H and O–H groups in total. The first kappa shape index (κ1) is 18.4. The third-order valence-electron chi connectivity index (χ3n) is 4.45. The fraction of sp³-hybridized carbons (Fsp3) is 0.421. The molecule has 0 radical (unpaired) electrons. The number of aromatic nitrogens is 1. The van der Waals surface area contributed by atoms with Gasteiger partial charge in [0.15, 0.2) is 5.13 Å². The lowest BCUT2D eigenvalue weighted by molar-refractivity contribution is -0.126. The fourth-order valence-corrected chi connectivity index (χ4v) is 3.83. The first-order valence-corrected chi connectivity index (χ1v) is 9.69. The second-order valence-electron chi connectivity index (χ2n) is 6.61. The molecule has 26 heavy (non-hydrogen) atoms. The van der Waals surface area contributed by atoms with Gasteiger partial charge in [-0.1, -0.05) is 18.2 Å². The van der Waals surface area contributed by atoms with Crippen molar-refractivity contribution in [3.8, 4) is 0 Å². The number of nitrogens with one attached hydrogen (secondary N) is 1. The van der Waals surface area contributed by atoms with E-state index < -0.39 is 6.04 Å². The van der Waals surface area contributed by atoms with Crippen LogP contribution in [0.3, 0.4) is 0 Å². The molecule has 0 saturated carbocycles. The van der Waals surface area contributed by atoms with E-state index in [0.29, 0.717) is 25.1 Å². The highest BCUT2D eigenvalue weighted by atomic mass is 32.1. The Balaban J connectivity index is 1.64. The molecule has 1 fully saturated rings. The molecule has 1 aromatic carbocycles. The molecule has 3 rings (SSSR count). The number of anilines is 1. The van der Waals surface area contributed by atoms with E-state index in [1.54, 1.807) is 28.4 Å². The van der Waals surface area contributed by atoms with E-state index in [0.717, 1.165) is 23.7 Å². The van der Waals surface area contributed by atoms with Crippen molar-refractivity contribution < 1.29 is 9.59 Å². The molecule has 1 aliphatic heterocycles. The number of rotatable bonds is 5. The Hall–Kier alpha value is -2.41. The maximum absolute atomic E-state index is 12.8. The lowest BCUT2D eigenvalue weighted by atomic mass is 10.00. The van der Waals surface area contributed by atoms with Gasteiger partial charge in [0, 0.05) is 31.6 Å². The summed E-state index contributed by atoms with van der Waals surface area (Å²) in [7, 11) is 3.88. The van der Waals surface area contributed by atoms with Crippen LogP contribution in [-0.2, 0) is 11.3 Å². The van der Waals surface area contributed by atoms with Crippen LogP contribution in [-0.4, -0.2) is 48.4 Å². The van der Waals surface area contributed by atoms with E-state index in [-0.39, 0.29) is 11.8 Å². The minimum absolute atomic E-state index is 0.0750. The predicted molar refractivity (Wildman–Crippen MR) is 103 cm³/mol. The van der Waals surface area contributed by atoms with Crippen molar-refractivity contribution in [2.24, 2.45) is 0 Å². The van der Waals surface area contributed by atoms with Gasteiger partial charge in [-0.25, -0.2) is 4.98 Å². The third-order valence-corrected chi connectivity index (χ3v) is 5.51. The Morgan fingerprint density at radius 2 is 2.04 bits per heavy atom. The summed E-state index contributed by atoms with van der Waals surface area (Å²) in [5.41, 5.74) is 1.46. The molecule has 0 spiro atoms. The fourth-order valence-electron chi connectivity index (χ4n) is 3.07. The Labute approximate surface area is 157 Å². The summed E-state index contributed by atoms with van der Waals surface area (Å²) in [6, 6.07) is 8.75. The molecule has 1 aliphatic rings. The van der Waals surface area contributed by atoms with Crippen LogP contribution >= 0.6 is 11.3 Å². The Bertz CT molecular complexity index is 760. The average Bonchev–Trinajstić information content (AvgIpc) is 3.15. The molecule has 2 amide bonds. The van der Waals surface area contributed by atoms with Crippen molar-refractivity contribution in [1.82, 2.24) is 15.2 Å². The van der Waals surface area contributed by atoms with Gasteiger partial charge in [-0.05, 0) is 31.4 Å². The van der Waals surface area contributed by atoms with E-state index in [9.17, 15) is 9.59 Å². The summed E-state index contributed by atoms with van der Waals surface area (Å²) >= 11 is 1.55. The van der Waals surface area contributed by atoms with E-state index in [1.165, 1.54) is 0 Å². The van der Waals surface area contributed by atoms with E-state index >= 15 is 0 Å². The van der Waals surface area contributed by atoms with Crippen molar-refractivity contribution >= 4 is 28.3 Å². The number of nitrogens with zero attached hydrogens (tertiary/aromatic N) is 3. The van der Waals surface area contributed by atoms with Crippen molar-refractivity contribution in [2.75, 3.05) is 25.5 Å². The number of piperidine rings is 1. The smallest absolute Gasteiger partial charge is 0.254 e. The van der Waals surface area contributed by atoms with Gasteiger partial charge < -0.3 is 15.1 Å². The van der Waals surface area contributed by atoms with Gasteiger partial charge >= 0.3 is 0 Å². The quantitative estimate of drug-likeness (QED) is 0.876. The van der Waals surface area contributed by atoms with E-state index in [2.05, 4.69) is 10.3 Å². The van der Waals surface area contributed by atoms with Crippen molar-refractivity contribution in [3.05, 3.63) is 47.0 Å². The number of carbonyl (C=O) groups excluding carboxylic acids is 2. The summed E-state index contributed by atoms with van der Waals surface area (Å²) in [5.74, 6) is -0.178. The first-order valence-electron chi connectivity index (χ1n) is 8.81. The normalized spacial score (nSPS) is 17.0. The third kappa shape index (κ3) is 4.22. The number of hydrogen-bond donors (Lipinski definition) is 1. The molecular weight excluding hydrogens is 348 g/mol. The highest BCUT2D eigenvalue weighted by Crippen LogP contribution is 2.21. The van der Waals surface area contributed by atoms with Crippen molar-refractivity contribution in [3.63, 3.8) is 0 Å². The van der Waals surface area contributed by atoms with Gasteiger partial charge in [0.25, 0.3) is 5.91 Å². The molecular formula is C19H24N4O2S. The molecule has 1 aromatic heterocycles. The molecule has 1 atom stereocenters. The molecule has 6 nitrogen and oxygen atoms in total. The summed E-state index contributed by atoms with van der Waals surface area (Å²) in [6.07, 6.45) is 2.59. The zero-order valence-corrected chi connectivity index (χ0v) is 16.0. The van der Waals surface area contributed by atoms with Crippen LogP contribution in [0.1, 0.15) is 35.3 Å². The number of thiazole rings is 1. The molecule has 0 bridgehead atoms. The molecule has 7 heteroatoms. The molecule has 0 unspecified atom stereocenters. The number of amides is 2. The molecule has 0 aliphatic carbocycles. The molecule has 138 valence electrons. The SMILES string of the molecule is CN(C)c1nc(CNC(=O)[C@@H]2CCCCN2C(=O)c2ccccc2)cs1. The minimum Gasteiger partial charge on any atom is -0.354 e. The Kier molecular flexibility index (Phi) is 5.88. The second-order valence-corrected chi connectivity index (χ2v) is 7.45. The van der Waals surface area contributed by atoms with Crippen molar-refractivity contribution in [1.29, 1.82) is 0 Å². The lowest BCUT2D eigenvalue weighted by Crippen LogP contribution is -2.51. The van der Waals surface area contributed by atoms with Crippen LogP contribution in [0.5, 0.6) is 0 Å². The van der Waals surface area contributed by atoms with Crippen molar-refractivity contribution in [2.45, 2.75) is 31.8 Å². The van der Waals surface area contributed by atoms with Crippen LogP contribution < -0.4 is 10.2 Å². The molecule has 2 aromatic rings. The maximum Gasteiger partial charge on any atom is 0.254 e. The molecule has 1 saturated heterocycles. The molecule has 2 heterocycles. The van der Waals surface area contributed by atoms with Gasteiger partial charge in [-0.15, -0.1) is 11.3 Å². The largest absolute Gasteiger partial charge is 0.354 e. The maximum atomic E-state index is 12.8. The van der Waals surface area contributed by atoms with Crippen LogP contribution in [0.4, 0.5) is 5.13 Å². The van der Waals surface area contributed by atoms with Gasteiger partial charge in [-0.2, -0.15) is 0 Å². The first-order chi connectivity index (χ1) is 12.6. The van der Waals surface area contributed by atoms with E-state index in [1.807, 2.05) is 42.6 Å². The number of benzene rings is 1. The monoisotopic (exact) mass is 372 g/mol. The lowest BCUT2D eigenvalue weighted by Gasteiger charge is -2.34. The van der Waals surface area contributed by atoms with E-state index in [4.69, 9.17) is 0 Å².